The Balaban J connectivity index is 1.51. The molecule has 1 N–H and O–H groups in total. The molecule has 2 amide bonds. The summed E-state index contributed by atoms with van der Waals surface area (Å²) in [5.41, 5.74) is 3.12. The molecule has 1 saturated heterocycles. The lowest BCUT2D eigenvalue weighted by atomic mass is 10.2. The maximum Gasteiger partial charge on any atom is 0.307 e. The Hall–Kier alpha value is -2.65. The second kappa shape index (κ2) is 9.33. The first-order valence-electron chi connectivity index (χ1n) is 8.28. The molecule has 1 fully saturated rings. The molecule has 2 heterocycles. The van der Waals surface area contributed by atoms with Gasteiger partial charge in [-0.15, -0.1) is 0 Å². The van der Waals surface area contributed by atoms with Gasteiger partial charge in [-0.25, -0.2) is 5.43 Å². The third kappa shape index (κ3) is 5.41. The number of hydrogen-bond donors (Lipinski definition) is 1. The highest BCUT2D eigenvalue weighted by molar-refractivity contribution is 9.10. The van der Waals surface area contributed by atoms with Crippen molar-refractivity contribution in [3.05, 3.63) is 52.4 Å². The summed E-state index contributed by atoms with van der Waals surface area (Å²) in [6.45, 7) is 2.25. The van der Waals surface area contributed by atoms with Crippen molar-refractivity contribution in [1.29, 1.82) is 0 Å². The first kappa shape index (κ1) is 19.1. The van der Waals surface area contributed by atoms with Crippen LogP contribution >= 0.6 is 15.9 Å². The van der Waals surface area contributed by atoms with Crippen LogP contribution in [0.5, 0.6) is 5.75 Å². The number of hydrazone groups is 1. The summed E-state index contributed by atoms with van der Waals surface area (Å²) in [5, 5.41) is 3.88. The Morgan fingerprint density at radius 1 is 1.30 bits per heavy atom. The second-order valence-electron chi connectivity index (χ2n) is 5.65. The van der Waals surface area contributed by atoms with Gasteiger partial charge in [0.1, 0.15) is 5.75 Å². The Labute approximate surface area is 164 Å². The molecule has 1 aromatic carbocycles. The van der Waals surface area contributed by atoms with E-state index in [-0.39, 0.29) is 18.3 Å². The molecule has 0 radical (unpaired) electrons. The van der Waals surface area contributed by atoms with Crippen molar-refractivity contribution in [2.45, 2.75) is 0 Å². The van der Waals surface area contributed by atoms with Crippen molar-refractivity contribution in [2.24, 2.45) is 5.10 Å². The van der Waals surface area contributed by atoms with Gasteiger partial charge in [-0.1, -0.05) is 0 Å². The highest BCUT2D eigenvalue weighted by Gasteiger charge is 2.17. The van der Waals surface area contributed by atoms with E-state index in [4.69, 9.17) is 13.9 Å². The summed E-state index contributed by atoms with van der Waals surface area (Å²) < 4.78 is 16.5. The number of amides is 2. The van der Waals surface area contributed by atoms with E-state index in [1.807, 2.05) is 0 Å². The van der Waals surface area contributed by atoms with Gasteiger partial charge < -0.3 is 18.8 Å². The Morgan fingerprint density at radius 2 is 2.11 bits per heavy atom. The number of carbonyl (C=O) groups is 2. The van der Waals surface area contributed by atoms with Crippen LogP contribution in [0.1, 0.15) is 16.1 Å². The van der Waals surface area contributed by atoms with Crippen LogP contribution in [-0.4, -0.2) is 55.8 Å². The van der Waals surface area contributed by atoms with Crippen LogP contribution in [-0.2, 0) is 9.53 Å². The maximum absolute atomic E-state index is 12.1. The van der Waals surface area contributed by atoms with E-state index in [0.29, 0.717) is 36.5 Å². The molecule has 2 aromatic rings. The molecule has 0 aliphatic carbocycles. The van der Waals surface area contributed by atoms with Gasteiger partial charge in [0.15, 0.2) is 12.4 Å². The normalized spacial score (nSPS) is 14.3. The average Bonchev–Trinajstić information content (AvgIpc) is 3.22. The fraction of sp³-hybridized carbons (Fsp3) is 0.278. The molecule has 3 rings (SSSR count). The standard InChI is InChI=1S/C18H18BrN3O5/c19-14-10-13(11-20-21-18(24)16-2-1-7-26-16)3-4-15(14)27-12-17(23)22-5-8-25-9-6-22/h1-4,7,10-11H,5-6,8-9,12H2,(H,21,24)/b20-11+. The number of ether oxygens (including phenoxy) is 2. The summed E-state index contributed by atoms with van der Waals surface area (Å²) >= 11 is 3.41. The van der Waals surface area contributed by atoms with E-state index >= 15 is 0 Å². The number of rotatable bonds is 6. The van der Waals surface area contributed by atoms with Crippen molar-refractivity contribution in [3.8, 4) is 5.75 Å². The summed E-state index contributed by atoms with van der Waals surface area (Å²) in [5.74, 6) is 0.226. The van der Waals surface area contributed by atoms with Crippen LogP contribution < -0.4 is 10.2 Å². The van der Waals surface area contributed by atoms with E-state index in [9.17, 15) is 9.59 Å². The van der Waals surface area contributed by atoms with Gasteiger partial charge in [0.2, 0.25) is 0 Å². The largest absolute Gasteiger partial charge is 0.483 e. The predicted molar refractivity (Wildman–Crippen MR) is 101 cm³/mol. The SMILES string of the molecule is O=C(N/N=C/c1ccc(OCC(=O)N2CCOCC2)c(Br)c1)c1ccco1. The molecule has 8 nitrogen and oxygen atoms in total. The van der Waals surface area contributed by atoms with Gasteiger partial charge in [0.05, 0.1) is 30.2 Å². The number of furan rings is 1. The monoisotopic (exact) mass is 435 g/mol. The lowest BCUT2D eigenvalue weighted by molar-refractivity contribution is -0.137. The van der Waals surface area contributed by atoms with Crippen LogP contribution in [0, 0.1) is 0 Å². The van der Waals surface area contributed by atoms with E-state index in [0.717, 1.165) is 5.56 Å². The van der Waals surface area contributed by atoms with Gasteiger partial charge in [-0.05, 0) is 51.8 Å². The Kier molecular flexibility index (Phi) is 6.61. The van der Waals surface area contributed by atoms with Crippen molar-refractivity contribution in [3.63, 3.8) is 0 Å². The smallest absolute Gasteiger partial charge is 0.307 e. The van der Waals surface area contributed by atoms with Gasteiger partial charge in [-0.2, -0.15) is 5.10 Å². The van der Waals surface area contributed by atoms with E-state index in [1.54, 1.807) is 35.2 Å². The molecular formula is C18H18BrN3O5. The third-order valence-corrected chi connectivity index (χ3v) is 4.42. The minimum Gasteiger partial charge on any atom is -0.483 e. The van der Waals surface area contributed by atoms with Crippen LogP contribution in [0.3, 0.4) is 0 Å². The molecule has 1 aliphatic rings. The average molecular weight is 436 g/mol. The van der Waals surface area contributed by atoms with Crippen LogP contribution in [0.2, 0.25) is 0 Å². The van der Waals surface area contributed by atoms with Crippen LogP contribution in [0.15, 0.2) is 50.6 Å². The molecule has 0 saturated carbocycles. The lowest BCUT2D eigenvalue weighted by Gasteiger charge is -2.26. The van der Waals surface area contributed by atoms with E-state index in [1.165, 1.54) is 12.5 Å². The zero-order chi connectivity index (χ0) is 19.1. The lowest BCUT2D eigenvalue weighted by Crippen LogP contribution is -2.43. The highest BCUT2D eigenvalue weighted by Crippen LogP contribution is 2.25. The van der Waals surface area contributed by atoms with Gasteiger partial charge in [0, 0.05) is 13.1 Å². The Bertz CT molecular complexity index is 816. The molecule has 0 spiro atoms. The number of nitrogens with one attached hydrogen (secondary N) is 1. The molecule has 27 heavy (non-hydrogen) atoms. The number of hydrogen-bond acceptors (Lipinski definition) is 6. The zero-order valence-corrected chi connectivity index (χ0v) is 16.0. The summed E-state index contributed by atoms with van der Waals surface area (Å²) in [6, 6.07) is 8.44. The quantitative estimate of drug-likeness (QED) is 0.553. The maximum atomic E-state index is 12.1. The zero-order valence-electron chi connectivity index (χ0n) is 14.4. The first-order valence-corrected chi connectivity index (χ1v) is 9.07. The molecule has 1 aliphatic heterocycles. The molecule has 0 atom stereocenters. The highest BCUT2D eigenvalue weighted by atomic mass is 79.9. The summed E-state index contributed by atoms with van der Waals surface area (Å²) in [6.07, 6.45) is 2.91. The van der Waals surface area contributed by atoms with Crippen LogP contribution in [0.4, 0.5) is 0 Å². The van der Waals surface area contributed by atoms with Gasteiger partial charge >= 0.3 is 5.91 Å². The fourth-order valence-corrected chi connectivity index (χ4v) is 2.90. The van der Waals surface area contributed by atoms with Crippen molar-refractivity contribution < 1.29 is 23.5 Å². The molecule has 1 aromatic heterocycles. The molecule has 142 valence electrons. The molecule has 0 unspecified atom stereocenters. The third-order valence-electron chi connectivity index (χ3n) is 3.80. The number of benzene rings is 1. The van der Waals surface area contributed by atoms with Crippen LogP contribution in [0.25, 0.3) is 0 Å². The van der Waals surface area contributed by atoms with Crippen molar-refractivity contribution in [2.75, 3.05) is 32.9 Å². The minimum atomic E-state index is -0.433. The van der Waals surface area contributed by atoms with Gasteiger partial charge in [-0.3, -0.25) is 9.59 Å². The number of carbonyl (C=O) groups excluding carboxylic acids is 2. The van der Waals surface area contributed by atoms with E-state index in [2.05, 4.69) is 26.5 Å². The molecule has 9 heteroatoms. The topological polar surface area (TPSA) is 93.4 Å². The summed E-state index contributed by atoms with van der Waals surface area (Å²) in [4.78, 5) is 25.5. The number of morpholine rings is 1. The second-order valence-corrected chi connectivity index (χ2v) is 6.50. The molecule has 0 bridgehead atoms. The first-order chi connectivity index (χ1) is 13.1. The minimum absolute atomic E-state index is 0.0365. The molecular weight excluding hydrogens is 418 g/mol. The fourth-order valence-electron chi connectivity index (χ4n) is 2.39. The predicted octanol–water partition coefficient (Wildman–Crippen LogP) is 2.04. The number of nitrogens with zero attached hydrogens (tertiary/aromatic N) is 2. The van der Waals surface area contributed by atoms with Gasteiger partial charge in [0.25, 0.3) is 5.91 Å². The van der Waals surface area contributed by atoms with Crippen molar-refractivity contribution >= 4 is 34.0 Å². The number of halogens is 1. The van der Waals surface area contributed by atoms with Crippen molar-refractivity contribution in [1.82, 2.24) is 10.3 Å². The van der Waals surface area contributed by atoms with E-state index < -0.39 is 5.91 Å². The summed E-state index contributed by atoms with van der Waals surface area (Å²) in [7, 11) is 0. The Morgan fingerprint density at radius 3 is 2.81 bits per heavy atom.